The topological polar surface area (TPSA) is 61.5 Å². The zero-order valence-electron chi connectivity index (χ0n) is 5.06. The van der Waals surface area contributed by atoms with Crippen LogP contribution in [0.1, 0.15) is 5.82 Å². The van der Waals surface area contributed by atoms with Crippen molar-refractivity contribution < 1.29 is 0 Å². The van der Waals surface area contributed by atoms with Crippen LogP contribution in [-0.4, -0.2) is 20.4 Å². The first-order chi connectivity index (χ1) is 4.83. The SMILES string of the molecule is O=c1[nH]nc(CSCCl)[nH]1. The molecule has 10 heavy (non-hydrogen) atoms. The molecule has 0 saturated heterocycles. The van der Waals surface area contributed by atoms with Crippen molar-refractivity contribution >= 4 is 23.4 Å². The summed E-state index contributed by atoms with van der Waals surface area (Å²) in [7, 11) is 0. The highest BCUT2D eigenvalue weighted by molar-refractivity contribution is 7.99. The van der Waals surface area contributed by atoms with Crippen LogP contribution in [0.4, 0.5) is 0 Å². The first kappa shape index (κ1) is 7.68. The molecule has 2 N–H and O–H groups in total. The Labute approximate surface area is 66.4 Å². The number of nitrogens with one attached hydrogen (secondary N) is 2. The molecule has 1 aromatic rings. The van der Waals surface area contributed by atoms with Gasteiger partial charge in [0.15, 0.2) is 0 Å². The summed E-state index contributed by atoms with van der Waals surface area (Å²) in [5.74, 6) is 1.28. The number of rotatable bonds is 3. The minimum absolute atomic E-state index is 0.273. The molecule has 0 unspecified atom stereocenters. The van der Waals surface area contributed by atoms with E-state index in [9.17, 15) is 4.79 Å². The minimum atomic E-state index is -0.273. The summed E-state index contributed by atoms with van der Waals surface area (Å²) in [5, 5.41) is 6.45. The maximum atomic E-state index is 10.4. The van der Waals surface area contributed by atoms with E-state index in [2.05, 4.69) is 15.2 Å². The lowest BCUT2D eigenvalue weighted by Crippen LogP contribution is -2.00. The molecule has 0 radical (unpaired) electrons. The predicted octanol–water partition coefficient (Wildman–Crippen LogP) is 0.527. The van der Waals surface area contributed by atoms with Crippen LogP contribution in [0.15, 0.2) is 4.79 Å². The smallest absolute Gasteiger partial charge is 0.292 e. The highest BCUT2D eigenvalue weighted by Gasteiger charge is 1.95. The maximum absolute atomic E-state index is 10.4. The number of aromatic amines is 2. The average Bonchev–Trinajstić information content (AvgIpc) is 2.31. The summed E-state index contributed by atoms with van der Waals surface area (Å²) in [5.41, 5.74) is -0.273. The van der Waals surface area contributed by atoms with Crippen LogP contribution in [0.2, 0.25) is 0 Å². The van der Waals surface area contributed by atoms with Gasteiger partial charge in [-0.25, -0.2) is 9.89 Å². The molecule has 0 aliphatic heterocycles. The number of alkyl halides is 1. The van der Waals surface area contributed by atoms with E-state index in [1.807, 2.05) is 0 Å². The van der Waals surface area contributed by atoms with Gasteiger partial charge in [0, 0.05) is 0 Å². The van der Waals surface area contributed by atoms with E-state index in [1.165, 1.54) is 11.8 Å². The van der Waals surface area contributed by atoms with E-state index in [0.29, 0.717) is 16.8 Å². The first-order valence-electron chi connectivity index (χ1n) is 2.60. The third-order valence-electron chi connectivity index (χ3n) is 0.866. The number of aromatic nitrogens is 3. The minimum Gasteiger partial charge on any atom is -0.292 e. The van der Waals surface area contributed by atoms with Crippen molar-refractivity contribution in [2.45, 2.75) is 5.75 Å². The summed E-state index contributed by atoms with van der Waals surface area (Å²) in [6.45, 7) is 0. The van der Waals surface area contributed by atoms with Crippen molar-refractivity contribution in [1.82, 2.24) is 15.2 Å². The van der Waals surface area contributed by atoms with Gasteiger partial charge in [0.1, 0.15) is 5.82 Å². The molecular formula is C4H6ClN3OS. The first-order valence-corrected chi connectivity index (χ1v) is 4.29. The molecule has 0 aliphatic carbocycles. The van der Waals surface area contributed by atoms with Gasteiger partial charge in [0.05, 0.1) is 11.0 Å². The van der Waals surface area contributed by atoms with Gasteiger partial charge in [0.25, 0.3) is 0 Å². The third-order valence-corrected chi connectivity index (χ3v) is 1.96. The number of hydrogen-bond acceptors (Lipinski definition) is 3. The zero-order chi connectivity index (χ0) is 7.40. The summed E-state index contributed by atoms with van der Waals surface area (Å²) < 4.78 is 0. The maximum Gasteiger partial charge on any atom is 0.340 e. The van der Waals surface area contributed by atoms with Gasteiger partial charge in [-0.1, -0.05) is 0 Å². The van der Waals surface area contributed by atoms with Gasteiger partial charge in [-0.15, -0.1) is 23.4 Å². The summed E-state index contributed by atoms with van der Waals surface area (Å²) in [6.07, 6.45) is 0. The van der Waals surface area contributed by atoms with Crippen LogP contribution in [-0.2, 0) is 5.75 Å². The van der Waals surface area contributed by atoms with Crippen LogP contribution >= 0.6 is 23.4 Å². The second kappa shape index (κ2) is 3.68. The molecule has 4 nitrogen and oxygen atoms in total. The van der Waals surface area contributed by atoms with Gasteiger partial charge < -0.3 is 0 Å². The summed E-state index contributed by atoms with van der Waals surface area (Å²) >= 11 is 6.88. The number of thioether (sulfide) groups is 1. The van der Waals surface area contributed by atoms with E-state index in [1.54, 1.807) is 0 Å². The van der Waals surface area contributed by atoms with Gasteiger partial charge in [-0.05, 0) is 0 Å². The molecular weight excluding hydrogens is 174 g/mol. The molecule has 0 amide bonds. The van der Waals surface area contributed by atoms with Crippen LogP contribution in [0.5, 0.6) is 0 Å². The fraction of sp³-hybridized carbons (Fsp3) is 0.500. The molecule has 0 aliphatic rings. The largest absolute Gasteiger partial charge is 0.340 e. The molecule has 1 rings (SSSR count). The highest BCUT2D eigenvalue weighted by Crippen LogP contribution is 2.06. The third kappa shape index (κ3) is 2.07. The molecule has 6 heteroatoms. The van der Waals surface area contributed by atoms with Crippen LogP contribution < -0.4 is 5.69 Å². The Balaban J connectivity index is 2.50. The fourth-order valence-electron chi connectivity index (χ4n) is 0.509. The second-order valence-electron chi connectivity index (χ2n) is 1.58. The second-order valence-corrected chi connectivity index (χ2v) is 3.15. The molecule has 0 bridgehead atoms. The van der Waals surface area contributed by atoms with Crippen LogP contribution in [0.25, 0.3) is 0 Å². The van der Waals surface area contributed by atoms with E-state index in [0.717, 1.165) is 0 Å². The Hall–Kier alpha value is -0.420. The van der Waals surface area contributed by atoms with Crippen molar-refractivity contribution in [2.24, 2.45) is 0 Å². The quantitative estimate of drug-likeness (QED) is 0.666. The van der Waals surface area contributed by atoms with Crippen molar-refractivity contribution in [2.75, 3.05) is 5.21 Å². The molecule has 0 spiro atoms. The molecule has 0 atom stereocenters. The van der Waals surface area contributed by atoms with E-state index in [-0.39, 0.29) is 5.69 Å². The lowest BCUT2D eigenvalue weighted by Gasteiger charge is -1.88. The summed E-state index contributed by atoms with van der Waals surface area (Å²) in [6, 6.07) is 0. The Kier molecular flexibility index (Phi) is 2.82. The average molecular weight is 180 g/mol. The van der Waals surface area contributed by atoms with E-state index >= 15 is 0 Å². The molecule has 0 fully saturated rings. The van der Waals surface area contributed by atoms with E-state index in [4.69, 9.17) is 11.6 Å². The van der Waals surface area contributed by atoms with Crippen molar-refractivity contribution in [3.8, 4) is 0 Å². The lowest BCUT2D eigenvalue weighted by atomic mass is 10.7. The molecule has 56 valence electrons. The predicted molar refractivity (Wildman–Crippen MR) is 41.2 cm³/mol. The fourth-order valence-corrected chi connectivity index (χ4v) is 1.15. The highest BCUT2D eigenvalue weighted by atomic mass is 35.5. The van der Waals surface area contributed by atoms with Crippen molar-refractivity contribution in [3.63, 3.8) is 0 Å². The van der Waals surface area contributed by atoms with Crippen molar-refractivity contribution in [3.05, 3.63) is 16.3 Å². The Morgan fingerprint density at radius 1 is 1.70 bits per heavy atom. The van der Waals surface area contributed by atoms with Crippen LogP contribution in [0, 0.1) is 0 Å². The Morgan fingerprint density at radius 2 is 2.50 bits per heavy atom. The molecule has 0 saturated carbocycles. The Bertz CT molecular complexity index is 245. The molecule has 1 heterocycles. The monoisotopic (exact) mass is 179 g/mol. The summed E-state index contributed by atoms with van der Waals surface area (Å²) in [4.78, 5) is 12.9. The standard InChI is InChI=1S/C4H6ClN3OS/c5-2-10-1-3-6-4(9)8-7-3/h1-2H2,(H2,6,7,8,9). The van der Waals surface area contributed by atoms with Crippen LogP contribution in [0.3, 0.4) is 0 Å². The lowest BCUT2D eigenvalue weighted by molar-refractivity contribution is 1.01. The van der Waals surface area contributed by atoms with E-state index < -0.39 is 0 Å². The van der Waals surface area contributed by atoms with Gasteiger partial charge in [-0.3, -0.25) is 4.98 Å². The molecule has 0 aromatic carbocycles. The normalized spacial score (nSPS) is 10.1. The number of halogens is 1. The van der Waals surface area contributed by atoms with Gasteiger partial charge in [-0.2, -0.15) is 5.10 Å². The number of H-pyrrole nitrogens is 2. The Morgan fingerprint density at radius 3 is 3.00 bits per heavy atom. The zero-order valence-corrected chi connectivity index (χ0v) is 6.63. The van der Waals surface area contributed by atoms with Crippen molar-refractivity contribution in [1.29, 1.82) is 0 Å². The number of hydrogen-bond donors (Lipinski definition) is 2. The van der Waals surface area contributed by atoms with Gasteiger partial charge in [0.2, 0.25) is 0 Å². The van der Waals surface area contributed by atoms with Gasteiger partial charge >= 0.3 is 5.69 Å². The number of nitrogens with zero attached hydrogens (tertiary/aromatic N) is 1. The molecule has 1 aromatic heterocycles.